The minimum absolute atomic E-state index is 0.603. The van der Waals surface area contributed by atoms with E-state index in [2.05, 4.69) is 29.2 Å². The Labute approximate surface area is 96.7 Å². The van der Waals surface area contributed by atoms with Gasteiger partial charge in [0.15, 0.2) is 5.17 Å². The molecule has 2 rings (SSSR count). The molecule has 0 saturated carbocycles. The van der Waals surface area contributed by atoms with Crippen molar-refractivity contribution >= 4 is 16.9 Å². The monoisotopic (exact) mass is 227 g/mol. The molecule has 0 bridgehead atoms. The van der Waals surface area contributed by atoms with Crippen molar-refractivity contribution in [3.05, 3.63) is 0 Å². The molecule has 1 unspecified atom stereocenters. The third-order valence-electron chi connectivity index (χ3n) is 3.17. The number of rotatable bonds is 2. The van der Waals surface area contributed by atoms with Crippen LogP contribution in [0.2, 0.25) is 0 Å². The first-order chi connectivity index (χ1) is 7.24. The van der Waals surface area contributed by atoms with Crippen molar-refractivity contribution < 1.29 is 0 Å². The van der Waals surface area contributed by atoms with Crippen LogP contribution in [0.4, 0.5) is 0 Å². The second-order valence-corrected chi connectivity index (χ2v) is 5.76. The van der Waals surface area contributed by atoms with Gasteiger partial charge in [0.05, 0.1) is 0 Å². The van der Waals surface area contributed by atoms with E-state index in [0.717, 1.165) is 12.5 Å². The molecule has 2 fully saturated rings. The third kappa shape index (κ3) is 3.38. The molecule has 0 amide bonds. The van der Waals surface area contributed by atoms with Crippen molar-refractivity contribution in [2.75, 3.05) is 32.4 Å². The summed E-state index contributed by atoms with van der Waals surface area (Å²) in [5.74, 6) is 1.98. The van der Waals surface area contributed by atoms with Gasteiger partial charge in [0, 0.05) is 18.3 Å². The average Bonchev–Trinajstić information content (AvgIpc) is 2.64. The van der Waals surface area contributed by atoms with Crippen molar-refractivity contribution in [2.45, 2.75) is 25.8 Å². The molecule has 0 aromatic carbocycles. The number of amidine groups is 1. The van der Waals surface area contributed by atoms with Gasteiger partial charge in [0.1, 0.15) is 0 Å². The Hall–Kier alpha value is -0.220. The molecule has 15 heavy (non-hydrogen) atoms. The zero-order valence-corrected chi connectivity index (χ0v) is 10.5. The molecule has 0 radical (unpaired) electrons. The molecule has 0 aromatic heterocycles. The molecule has 2 aliphatic rings. The Morgan fingerprint density at radius 2 is 2.20 bits per heavy atom. The van der Waals surface area contributed by atoms with Crippen LogP contribution in [0, 0.1) is 5.92 Å². The van der Waals surface area contributed by atoms with Crippen LogP contribution >= 0.6 is 11.8 Å². The van der Waals surface area contributed by atoms with Gasteiger partial charge in [-0.25, -0.2) is 0 Å². The number of piperidine rings is 1. The Kier molecular flexibility index (Phi) is 3.92. The number of hydrogen-bond acceptors (Lipinski definition) is 3. The molecule has 2 aliphatic heterocycles. The first kappa shape index (κ1) is 11.3. The fourth-order valence-electron chi connectivity index (χ4n) is 2.05. The fraction of sp³-hybridized carbons (Fsp3) is 0.909. The van der Waals surface area contributed by atoms with Gasteiger partial charge in [0.2, 0.25) is 0 Å². The number of nitrogens with zero attached hydrogens (tertiary/aromatic N) is 2. The largest absolute Gasteiger partial charge is 0.362 e. The van der Waals surface area contributed by atoms with Crippen LogP contribution in [-0.2, 0) is 0 Å². The number of hydrogen-bond donors (Lipinski definition) is 1. The summed E-state index contributed by atoms with van der Waals surface area (Å²) in [4.78, 5) is 7.08. The number of nitrogens with one attached hydrogen (secondary N) is 1. The Bertz CT molecular complexity index is 234. The van der Waals surface area contributed by atoms with Crippen LogP contribution in [0.25, 0.3) is 0 Å². The van der Waals surface area contributed by atoms with E-state index in [1.165, 1.54) is 36.9 Å². The number of aliphatic imine (C=N–C) groups is 1. The lowest BCUT2D eigenvalue weighted by atomic mass is 9.97. The summed E-state index contributed by atoms with van der Waals surface area (Å²) in [6.45, 7) is 5.72. The van der Waals surface area contributed by atoms with Gasteiger partial charge >= 0.3 is 0 Å². The Morgan fingerprint density at radius 3 is 2.80 bits per heavy atom. The Morgan fingerprint density at radius 1 is 1.47 bits per heavy atom. The lowest BCUT2D eigenvalue weighted by molar-refractivity contribution is 0.224. The molecule has 0 spiro atoms. The smallest absolute Gasteiger partial charge is 0.156 e. The van der Waals surface area contributed by atoms with E-state index >= 15 is 0 Å². The average molecular weight is 227 g/mol. The highest BCUT2D eigenvalue weighted by molar-refractivity contribution is 8.14. The maximum absolute atomic E-state index is 4.67. The molecule has 0 aromatic rings. The van der Waals surface area contributed by atoms with Crippen molar-refractivity contribution in [1.82, 2.24) is 10.2 Å². The lowest BCUT2D eigenvalue weighted by Gasteiger charge is -2.27. The molecule has 2 saturated heterocycles. The lowest BCUT2D eigenvalue weighted by Crippen LogP contribution is -2.31. The molecule has 1 N–H and O–H groups in total. The van der Waals surface area contributed by atoms with E-state index in [0.29, 0.717) is 6.04 Å². The first-order valence-electron chi connectivity index (χ1n) is 5.86. The highest BCUT2D eigenvalue weighted by atomic mass is 32.2. The van der Waals surface area contributed by atoms with Crippen LogP contribution in [0.1, 0.15) is 19.8 Å². The molecule has 2 heterocycles. The van der Waals surface area contributed by atoms with Gasteiger partial charge in [-0.05, 0) is 45.8 Å². The van der Waals surface area contributed by atoms with E-state index in [9.17, 15) is 0 Å². The molecule has 4 heteroatoms. The second-order valence-electron chi connectivity index (χ2n) is 4.75. The normalized spacial score (nSPS) is 32.1. The van der Waals surface area contributed by atoms with E-state index < -0.39 is 0 Å². The van der Waals surface area contributed by atoms with Gasteiger partial charge < -0.3 is 10.2 Å². The predicted octanol–water partition coefficient (Wildman–Crippen LogP) is 1.41. The molecule has 1 atom stereocenters. The summed E-state index contributed by atoms with van der Waals surface area (Å²) in [6.07, 6.45) is 2.63. The topological polar surface area (TPSA) is 27.6 Å². The van der Waals surface area contributed by atoms with Crippen molar-refractivity contribution in [3.63, 3.8) is 0 Å². The zero-order valence-electron chi connectivity index (χ0n) is 9.70. The highest BCUT2D eigenvalue weighted by Crippen LogP contribution is 2.18. The van der Waals surface area contributed by atoms with E-state index in [1.54, 1.807) is 0 Å². The minimum Gasteiger partial charge on any atom is -0.362 e. The van der Waals surface area contributed by atoms with Crippen molar-refractivity contribution in [2.24, 2.45) is 10.9 Å². The van der Waals surface area contributed by atoms with E-state index in [4.69, 9.17) is 0 Å². The summed E-state index contributed by atoms with van der Waals surface area (Å²) in [5.41, 5.74) is 0. The maximum atomic E-state index is 4.67. The molecular weight excluding hydrogens is 206 g/mol. The van der Waals surface area contributed by atoms with Gasteiger partial charge in [-0.15, -0.1) is 0 Å². The second kappa shape index (κ2) is 5.21. The van der Waals surface area contributed by atoms with Gasteiger partial charge in [-0.3, -0.25) is 4.99 Å². The van der Waals surface area contributed by atoms with Crippen LogP contribution in [0.15, 0.2) is 4.99 Å². The zero-order chi connectivity index (χ0) is 10.7. The molecular formula is C11H21N3S. The maximum Gasteiger partial charge on any atom is 0.156 e. The standard InChI is InChI=1S/C11H21N3S/c1-9-8-15-11(13-9)12-7-10-3-5-14(2)6-4-10/h9-10H,3-8H2,1-2H3,(H,12,13). The SMILES string of the molecule is CC1CSC(=NCC2CCN(C)CC2)N1. The van der Waals surface area contributed by atoms with Crippen LogP contribution < -0.4 is 5.32 Å². The Balaban J connectivity index is 1.73. The summed E-state index contributed by atoms with van der Waals surface area (Å²) < 4.78 is 0. The number of thioether (sulfide) groups is 1. The van der Waals surface area contributed by atoms with Gasteiger partial charge in [0.25, 0.3) is 0 Å². The molecule has 0 aliphatic carbocycles. The quantitative estimate of drug-likeness (QED) is 0.773. The molecule has 86 valence electrons. The minimum atomic E-state index is 0.603. The fourth-order valence-corrected chi connectivity index (χ4v) is 2.99. The van der Waals surface area contributed by atoms with Gasteiger partial charge in [-0.1, -0.05) is 11.8 Å². The van der Waals surface area contributed by atoms with Crippen molar-refractivity contribution in [1.29, 1.82) is 0 Å². The molecule has 3 nitrogen and oxygen atoms in total. The summed E-state index contributed by atoms with van der Waals surface area (Å²) in [6, 6.07) is 0.603. The van der Waals surface area contributed by atoms with Crippen LogP contribution in [-0.4, -0.2) is 48.5 Å². The van der Waals surface area contributed by atoms with E-state index in [-0.39, 0.29) is 0 Å². The summed E-state index contributed by atoms with van der Waals surface area (Å²) in [5, 5.41) is 4.57. The summed E-state index contributed by atoms with van der Waals surface area (Å²) >= 11 is 1.87. The number of likely N-dealkylation sites (tertiary alicyclic amines) is 1. The highest BCUT2D eigenvalue weighted by Gasteiger charge is 2.18. The third-order valence-corrected chi connectivity index (χ3v) is 4.36. The first-order valence-corrected chi connectivity index (χ1v) is 6.85. The van der Waals surface area contributed by atoms with E-state index in [1.807, 2.05) is 11.8 Å². The van der Waals surface area contributed by atoms with Gasteiger partial charge in [-0.2, -0.15) is 0 Å². The van der Waals surface area contributed by atoms with Crippen molar-refractivity contribution in [3.8, 4) is 0 Å². The predicted molar refractivity (Wildman–Crippen MR) is 67.6 cm³/mol. The van der Waals surface area contributed by atoms with Crippen LogP contribution in [0.3, 0.4) is 0 Å². The van der Waals surface area contributed by atoms with Crippen LogP contribution in [0.5, 0.6) is 0 Å². The summed E-state index contributed by atoms with van der Waals surface area (Å²) in [7, 11) is 2.21.